The Morgan fingerprint density at radius 2 is 2.11 bits per heavy atom. The molecule has 0 aliphatic carbocycles. The number of hydrogen-bond acceptors (Lipinski definition) is 4. The van der Waals surface area contributed by atoms with Gasteiger partial charge in [0.1, 0.15) is 5.82 Å². The minimum absolute atomic E-state index is 0.501. The number of aromatic nitrogens is 1. The Morgan fingerprint density at radius 3 is 2.79 bits per heavy atom. The summed E-state index contributed by atoms with van der Waals surface area (Å²) in [5, 5.41) is 6.89. The van der Waals surface area contributed by atoms with Gasteiger partial charge in [0.2, 0.25) is 0 Å². The van der Waals surface area contributed by atoms with E-state index < -0.39 is 0 Å². The molecule has 19 heavy (non-hydrogen) atoms. The Balaban J connectivity index is 2.13. The summed E-state index contributed by atoms with van der Waals surface area (Å²) in [6.45, 7) is 6.66. The predicted octanol–water partition coefficient (Wildman–Crippen LogP) is 3.47. The van der Waals surface area contributed by atoms with E-state index in [1.54, 1.807) is 0 Å². The van der Waals surface area contributed by atoms with Gasteiger partial charge in [-0.1, -0.05) is 13.8 Å². The second-order valence-electron chi connectivity index (χ2n) is 5.67. The zero-order valence-corrected chi connectivity index (χ0v) is 12.4. The van der Waals surface area contributed by atoms with Crippen molar-refractivity contribution in [1.82, 2.24) is 10.3 Å². The zero-order valence-electron chi connectivity index (χ0n) is 11.6. The lowest BCUT2D eigenvalue weighted by atomic mass is 9.90. The molecule has 0 spiro atoms. The number of anilines is 1. The van der Waals surface area contributed by atoms with Gasteiger partial charge in [-0.05, 0) is 54.3 Å². The normalized spacial score (nSPS) is 17.4. The van der Waals surface area contributed by atoms with Gasteiger partial charge in [-0.3, -0.25) is 0 Å². The van der Waals surface area contributed by atoms with Crippen LogP contribution in [0.4, 0.5) is 5.82 Å². The van der Waals surface area contributed by atoms with E-state index in [-0.39, 0.29) is 0 Å². The SMILES string of the molecule is CC(C)c1csc2c(C3CCNCC3)cnc(N)c12. The van der Waals surface area contributed by atoms with Crippen LogP contribution in [0.25, 0.3) is 10.1 Å². The van der Waals surface area contributed by atoms with Gasteiger partial charge in [0.05, 0.1) is 0 Å². The monoisotopic (exact) mass is 275 g/mol. The fraction of sp³-hybridized carbons (Fsp3) is 0.533. The van der Waals surface area contributed by atoms with Crippen molar-refractivity contribution in [3.05, 3.63) is 22.7 Å². The number of hydrogen-bond donors (Lipinski definition) is 2. The molecule has 0 aromatic carbocycles. The van der Waals surface area contributed by atoms with E-state index in [2.05, 4.69) is 29.5 Å². The molecule has 3 nitrogen and oxygen atoms in total. The third-order valence-electron chi connectivity index (χ3n) is 4.08. The van der Waals surface area contributed by atoms with Crippen LogP contribution in [0, 0.1) is 0 Å². The van der Waals surface area contributed by atoms with Gasteiger partial charge in [0, 0.05) is 16.3 Å². The molecule has 3 N–H and O–H groups in total. The average molecular weight is 275 g/mol. The highest BCUT2D eigenvalue weighted by Crippen LogP contribution is 2.40. The molecular weight excluding hydrogens is 254 g/mol. The third-order valence-corrected chi connectivity index (χ3v) is 5.13. The van der Waals surface area contributed by atoms with Crippen LogP contribution in [0.1, 0.15) is 49.7 Å². The summed E-state index contributed by atoms with van der Waals surface area (Å²) >= 11 is 1.84. The van der Waals surface area contributed by atoms with Gasteiger partial charge in [0.15, 0.2) is 0 Å². The molecule has 1 aliphatic rings. The first-order valence-electron chi connectivity index (χ1n) is 7.04. The van der Waals surface area contributed by atoms with Gasteiger partial charge in [-0.25, -0.2) is 4.98 Å². The fourth-order valence-corrected chi connectivity index (χ4v) is 4.29. The van der Waals surface area contributed by atoms with Gasteiger partial charge >= 0.3 is 0 Å². The lowest BCUT2D eigenvalue weighted by molar-refractivity contribution is 0.462. The maximum Gasteiger partial charge on any atom is 0.132 e. The highest BCUT2D eigenvalue weighted by Gasteiger charge is 2.21. The maximum atomic E-state index is 6.12. The number of nitrogens with one attached hydrogen (secondary N) is 1. The fourth-order valence-electron chi connectivity index (χ4n) is 2.96. The minimum atomic E-state index is 0.501. The summed E-state index contributed by atoms with van der Waals surface area (Å²) in [6.07, 6.45) is 4.42. The highest BCUT2D eigenvalue weighted by molar-refractivity contribution is 7.17. The first-order valence-corrected chi connectivity index (χ1v) is 7.92. The van der Waals surface area contributed by atoms with Crippen LogP contribution in [-0.4, -0.2) is 18.1 Å². The molecular formula is C15H21N3S. The van der Waals surface area contributed by atoms with E-state index >= 15 is 0 Å². The van der Waals surface area contributed by atoms with Crippen LogP contribution in [-0.2, 0) is 0 Å². The van der Waals surface area contributed by atoms with Gasteiger partial charge in [0.25, 0.3) is 0 Å². The van der Waals surface area contributed by atoms with Crippen LogP contribution < -0.4 is 11.1 Å². The summed E-state index contributed by atoms with van der Waals surface area (Å²) in [4.78, 5) is 4.46. The maximum absolute atomic E-state index is 6.12. The highest BCUT2D eigenvalue weighted by atomic mass is 32.1. The molecule has 3 heterocycles. The Hall–Kier alpha value is -1.13. The average Bonchev–Trinajstić information content (AvgIpc) is 2.86. The molecule has 0 saturated carbocycles. The zero-order chi connectivity index (χ0) is 13.4. The second kappa shape index (κ2) is 5.10. The molecule has 0 unspecified atom stereocenters. The number of rotatable bonds is 2. The van der Waals surface area contributed by atoms with Gasteiger partial charge in [-0.15, -0.1) is 11.3 Å². The van der Waals surface area contributed by atoms with Crippen LogP contribution >= 0.6 is 11.3 Å². The van der Waals surface area contributed by atoms with E-state index in [4.69, 9.17) is 5.73 Å². The molecule has 0 bridgehead atoms. The second-order valence-corrected chi connectivity index (χ2v) is 6.55. The quantitative estimate of drug-likeness (QED) is 0.882. The number of pyridine rings is 1. The van der Waals surface area contributed by atoms with Crippen molar-refractivity contribution in [2.24, 2.45) is 0 Å². The van der Waals surface area contributed by atoms with Crippen LogP contribution in [0.3, 0.4) is 0 Å². The number of nitrogens with two attached hydrogens (primary N) is 1. The Morgan fingerprint density at radius 1 is 1.37 bits per heavy atom. The number of nitrogen functional groups attached to an aromatic ring is 1. The predicted molar refractivity (Wildman–Crippen MR) is 83.0 cm³/mol. The van der Waals surface area contributed by atoms with Crippen molar-refractivity contribution in [2.75, 3.05) is 18.8 Å². The number of nitrogens with zero attached hydrogens (tertiary/aromatic N) is 1. The molecule has 2 aromatic heterocycles. The van der Waals surface area contributed by atoms with E-state index in [1.807, 2.05) is 17.5 Å². The van der Waals surface area contributed by atoms with Crippen LogP contribution in [0.5, 0.6) is 0 Å². The smallest absolute Gasteiger partial charge is 0.132 e. The molecule has 2 aromatic rings. The van der Waals surface area contributed by atoms with Crippen LogP contribution in [0.15, 0.2) is 11.6 Å². The first kappa shape index (κ1) is 12.9. The van der Waals surface area contributed by atoms with E-state index in [0.29, 0.717) is 17.7 Å². The molecule has 0 radical (unpaired) electrons. The number of piperidine rings is 1. The van der Waals surface area contributed by atoms with E-state index in [0.717, 1.165) is 13.1 Å². The van der Waals surface area contributed by atoms with Gasteiger partial charge < -0.3 is 11.1 Å². The van der Waals surface area contributed by atoms with Crippen molar-refractivity contribution in [2.45, 2.75) is 38.5 Å². The Bertz CT molecular complexity index is 582. The summed E-state index contributed by atoms with van der Waals surface area (Å²) in [5.41, 5.74) is 8.87. The van der Waals surface area contributed by atoms with Crippen molar-refractivity contribution < 1.29 is 0 Å². The Labute approximate surface area is 118 Å². The topological polar surface area (TPSA) is 50.9 Å². The third kappa shape index (κ3) is 2.23. The van der Waals surface area contributed by atoms with E-state index in [9.17, 15) is 0 Å². The largest absolute Gasteiger partial charge is 0.383 e. The minimum Gasteiger partial charge on any atom is -0.383 e. The van der Waals surface area contributed by atoms with Crippen molar-refractivity contribution >= 4 is 27.2 Å². The number of thiophene rings is 1. The molecule has 3 rings (SSSR count). The first-order chi connectivity index (χ1) is 9.18. The lowest BCUT2D eigenvalue weighted by Crippen LogP contribution is -2.26. The molecule has 1 saturated heterocycles. The summed E-state index contributed by atoms with van der Waals surface area (Å²) in [7, 11) is 0. The molecule has 0 atom stereocenters. The number of fused-ring (bicyclic) bond motifs is 1. The molecule has 1 aliphatic heterocycles. The summed E-state index contributed by atoms with van der Waals surface area (Å²) < 4.78 is 1.36. The molecule has 0 amide bonds. The summed E-state index contributed by atoms with van der Waals surface area (Å²) in [5.74, 6) is 1.83. The Kier molecular flexibility index (Phi) is 3.46. The van der Waals surface area contributed by atoms with Crippen molar-refractivity contribution in [1.29, 1.82) is 0 Å². The molecule has 4 heteroatoms. The van der Waals surface area contributed by atoms with Crippen molar-refractivity contribution in [3.8, 4) is 0 Å². The summed E-state index contributed by atoms with van der Waals surface area (Å²) in [6, 6.07) is 0. The lowest BCUT2D eigenvalue weighted by Gasteiger charge is -2.23. The van der Waals surface area contributed by atoms with Gasteiger partial charge in [-0.2, -0.15) is 0 Å². The standard InChI is InChI=1S/C15H21N3S/c1-9(2)12-8-19-14-11(7-18-15(16)13(12)14)10-3-5-17-6-4-10/h7-10,17H,3-6H2,1-2H3,(H2,16,18). The molecule has 1 fully saturated rings. The van der Waals surface area contributed by atoms with E-state index in [1.165, 1.54) is 34.1 Å². The van der Waals surface area contributed by atoms with Crippen molar-refractivity contribution in [3.63, 3.8) is 0 Å². The molecule has 102 valence electrons. The van der Waals surface area contributed by atoms with Crippen LogP contribution in [0.2, 0.25) is 0 Å².